The van der Waals surface area contributed by atoms with Crippen LogP contribution in [-0.2, 0) is 0 Å². The second kappa shape index (κ2) is 3.58. The summed E-state index contributed by atoms with van der Waals surface area (Å²) in [4.78, 5) is 24.4. The molecule has 0 bridgehead atoms. The largest absolute Gasteiger partial charge is 0.478 e. The number of aliphatic imine (C=N–C) groups is 1. The fourth-order valence-corrected chi connectivity index (χ4v) is 1.80. The summed E-state index contributed by atoms with van der Waals surface area (Å²) in [7, 11) is 0. The van der Waals surface area contributed by atoms with Gasteiger partial charge in [-0.3, -0.25) is 4.99 Å². The van der Waals surface area contributed by atoms with Crippen LogP contribution < -0.4 is 4.90 Å². The monoisotopic (exact) mass is 230 g/mol. The smallest absolute Gasteiger partial charge is 0.335 e. The average molecular weight is 230 g/mol. The molecule has 1 aliphatic rings. The van der Waals surface area contributed by atoms with Gasteiger partial charge in [-0.2, -0.15) is 0 Å². The Hall–Kier alpha value is -2.37. The van der Waals surface area contributed by atoms with E-state index in [0.29, 0.717) is 6.67 Å². The third-order valence-electron chi connectivity index (χ3n) is 2.70. The van der Waals surface area contributed by atoms with Crippen LogP contribution in [-0.4, -0.2) is 40.5 Å². The molecule has 0 atom stereocenters. The number of hydrogen-bond donors (Lipinski definition) is 2. The van der Waals surface area contributed by atoms with Crippen molar-refractivity contribution in [3.05, 3.63) is 23.8 Å². The average Bonchev–Trinajstić information content (AvgIpc) is 2.96. The number of nitrogens with zero attached hydrogens (tertiary/aromatic N) is 3. The number of aromatic nitrogens is 2. The SMILES string of the molecule is O=C(O)c1ccc2nc(N3CC=NC3)[nH]c2c1. The Labute approximate surface area is 96.6 Å². The molecule has 6 heteroatoms. The number of carboxylic acids is 1. The highest BCUT2D eigenvalue weighted by molar-refractivity contribution is 5.92. The van der Waals surface area contributed by atoms with Gasteiger partial charge in [-0.05, 0) is 18.2 Å². The van der Waals surface area contributed by atoms with Crippen molar-refractivity contribution in [3.63, 3.8) is 0 Å². The first kappa shape index (κ1) is 9.83. The molecular weight excluding hydrogens is 220 g/mol. The van der Waals surface area contributed by atoms with Gasteiger partial charge in [0.1, 0.15) is 6.67 Å². The van der Waals surface area contributed by atoms with E-state index in [1.807, 2.05) is 11.1 Å². The Morgan fingerprint density at radius 1 is 1.47 bits per heavy atom. The van der Waals surface area contributed by atoms with E-state index < -0.39 is 5.97 Å². The second-order valence-electron chi connectivity index (χ2n) is 3.83. The summed E-state index contributed by atoms with van der Waals surface area (Å²) in [6, 6.07) is 4.84. The quantitative estimate of drug-likeness (QED) is 0.809. The summed E-state index contributed by atoms with van der Waals surface area (Å²) in [6.07, 6.45) is 1.83. The van der Waals surface area contributed by atoms with Crippen molar-refractivity contribution in [1.82, 2.24) is 9.97 Å². The lowest BCUT2D eigenvalue weighted by molar-refractivity contribution is 0.0697. The van der Waals surface area contributed by atoms with Crippen molar-refractivity contribution in [2.45, 2.75) is 0 Å². The van der Waals surface area contributed by atoms with Crippen LogP contribution in [0, 0.1) is 0 Å². The van der Waals surface area contributed by atoms with Crippen molar-refractivity contribution >= 4 is 29.2 Å². The number of H-pyrrole nitrogens is 1. The normalized spacial score (nSPS) is 14.7. The highest BCUT2D eigenvalue weighted by Crippen LogP contribution is 2.19. The van der Waals surface area contributed by atoms with E-state index in [2.05, 4.69) is 15.0 Å². The van der Waals surface area contributed by atoms with E-state index in [4.69, 9.17) is 5.11 Å². The lowest BCUT2D eigenvalue weighted by Crippen LogP contribution is -2.20. The van der Waals surface area contributed by atoms with Gasteiger partial charge < -0.3 is 15.0 Å². The number of aromatic amines is 1. The van der Waals surface area contributed by atoms with Crippen molar-refractivity contribution < 1.29 is 9.90 Å². The molecule has 0 spiro atoms. The third-order valence-corrected chi connectivity index (χ3v) is 2.70. The number of aromatic carboxylic acids is 1. The Morgan fingerprint density at radius 2 is 2.35 bits per heavy atom. The molecule has 0 aliphatic carbocycles. The Kier molecular flexibility index (Phi) is 2.07. The summed E-state index contributed by atoms with van der Waals surface area (Å²) in [5.41, 5.74) is 1.74. The van der Waals surface area contributed by atoms with Gasteiger partial charge in [-0.15, -0.1) is 0 Å². The van der Waals surface area contributed by atoms with E-state index in [1.54, 1.807) is 18.2 Å². The molecule has 0 amide bonds. The Balaban J connectivity index is 2.03. The van der Waals surface area contributed by atoms with E-state index in [9.17, 15) is 4.79 Å². The zero-order chi connectivity index (χ0) is 11.8. The number of benzene rings is 1. The van der Waals surface area contributed by atoms with E-state index in [-0.39, 0.29) is 5.56 Å². The van der Waals surface area contributed by atoms with Gasteiger partial charge in [0.05, 0.1) is 23.1 Å². The van der Waals surface area contributed by atoms with Crippen molar-refractivity contribution in [1.29, 1.82) is 0 Å². The van der Waals surface area contributed by atoms with Crippen LogP contribution in [0.2, 0.25) is 0 Å². The summed E-state index contributed by atoms with van der Waals surface area (Å²) in [6.45, 7) is 1.32. The summed E-state index contributed by atoms with van der Waals surface area (Å²) in [5.74, 6) is -0.215. The van der Waals surface area contributed by atoms with Crippen molar-refractivity contribution in [2.75, 3.05) is 18.1 Å². The number of carbonyl (C=O) groups is 1. The number of imidazole rings is 1. The summed E-state index contributed by atoms with van der Waals surface area (Å²) >= 11 is 0. The van der Waals surface area contributed by atoms with E-state index in [0.717, 1.165) is 23.5 Å². The first-order valence-corrected chi connectivity index (χ1v) is 5.20. The highest BCUT2D eigenvalue weighted by Gasteiger charge is 2.13. The molecule has 17 heavy (non-hydrogen) atoms. The highest BCUT2D eigenvalue weighted by atomic mass is 16.4. The van der Waals surface area contributed by atoms with Gasteiger partial charge in [-0.25, -0.2) is 9.78 Å². The molecule has 2 heterocycles. The number of rotatable bonds is 2. The number of nitrogens with one attached hydrogen (secondary N) is 1. The van der Waals surface area contributed by atoms with Crippen LogP contribution in [0.1, 0.15) is 10.4 Å². The molecule has 3 rings (SSSR count). The number of carboxylic acid groups (broad SMARTS) is 1. The van der Waals surface area contributed by atoms with Crippen LogP contribution in [0.5, 0.6) is 0 Å². The fourth-order valence-electron chi connectivity index (χ4n) is 1.80. The number of hydrogen-bond acceptors (Lipinski definition) is 4. The van der Waals surface area contributed by atoms with Gasteiger partial charge in [-0.1, -0.05) is 0 Å². The third kappa shape index (κ3) is 1.63. The maximum absolute atomic E-state index is 10.8. The topological polar surface area (TPSA) is 81.6 Å². The van der Waals surface area contributed by atoms with Gasteiger partial charge in [0.15, 0.2) is 0 Å². The molecule has 0 saturated carbocycles. The van der Waals surface area contributed by atoms with Crippen LogP contribution in [0.25, 0.3) is 11.0 Å². The lowest BCUT2D eigenvalue weighted by atomic mass is 10.2. The minimum absolute atomic E-state index is 0.255. The fraction of sp³-hybridized carbons (Fsp3) is 0.182. The van der Waals surface area contributed by atoms with Crippen molar-refractivity contribution in [3.8, 4) is 0 Å². The molecule has 1 aliphatic heterocycles. The maximum atomic E-state index is 10.8. The first-order valence-electron chi connectivity index (χ1n) is 5.20. The molecule has 6 nitrogen and oxygen atoms in total. The lowest BCUT2D eigenvalue weighted by Gasteiger charge is -2.10. The Morgan fingerprint density at radius 3 is 3.06 bits per heavy atom. The van der Waals surface area contributed by atoms with Crippen molar-refractivity contribution in [2.24, 2.45) is 4.99 Å². The predicted octanol–water partition coefficient (Wildman–Crippen LogP) is 1.11. The molecule has 0 fully saturated rings. The van der Waals surface area contributed by atoms with Crippen LogP contribution >= 0.6 is 0 Å². The van der Waals surface area contributed by atoms with Gasteiger partial charge >= 0.3 is 5.97 Å². The minimum Gasteiger partial charge on any atom is -0.478 e. The molecule has 2 aromatic rings. The number of anilines is 1. The Bertz CT molecular complexity index is 609. The van der Waals surface area contributed by atoms with Crippen LogP contribution in [0.15, 0.2) is 23.2 Å². The van der Waals surface area contributed by atoms with Crippen LogP contribution in [0.3, 0.4) is 0 Å². The van der Waals surface area contributed by atoms with Crippen LogP contribution in [0.4, 0.5) is 5.95 Å². The second-order valence-corrected chi connectivity index (χ2v) is 3.83. The zero-order valence-corrected chi connectivity index (χ0v) is 8.92. The van der Waals surface area contributed by atoms with E-state index >= 15 is 0 Å². The standard InChI is InChI=1S/C11H10N4O2/c16-10(17)7-1-2-8-9(5-7)14-11(13-8)15-4-3-12-6-15/h1-3,5H,4,6H2,(H,13,14)(H,16,17). The molecule has 1 aromatic heterocycles. The van der Waals surface area contributed by atoms with Gasteiger partial charge in [0.25, 0.3) is 0 Å². The molecule has 1 aromatic carbocycles. The number of fused-ring (bicyclic) bond motifs is 1. The van der Waals surface area contributed by atoms with Gasteiger partial charge in [0, 0.05) is 6.21 Å². The van der Waals surface area contributed by atoms with Gasteiger partial charge in [0.2, 0.25) is 5.95 Å². The summed E-state index contributed by atoms with van der Waals surface area (Å²) < 4.78 is 0. The predicted molar refractivity (Wildman–Crippen MR) is 63.8 cm³/mol. The molecule has 0 saturated heterocycles. The molecule has 86 valence electrons. The summed E-state index contributed by atoms with van der Waals surface area (Å²) in [5, 5.41) is 8.90. The van der Waals surface area contributed by atoms with E-state index in [1.165, 1.54) is 0 Å². The molecule has 0 radical (unpaired) electrons. The minimum atomic E-state index is -0.937. The molecule has 2 N–H and O–H groups in total. The first-order chi connectivity index (χ1) is 8.24. The molecular formula is C11H10N4O2. The molecule has 0 unspecified atom stereocenters. The zero-order valence-electron chi connectivity index (χ0n) is 8.92. The maximum Gasteiger partial charge on any atom is 0.335 e.